The van der Waals surface area contributed by atoms with Crippen molar-refractivity contribution in [3.63, 3.8) is 0 Å². The quantitative estimate of drug-likeness (QED) is 0.733. The summed E-state index contributed by atoms with van der Waals surface area (Å²) < 4.78 is 0. The summed E-state index contributed by atoms with van der Waals surface area (Å²) in [6.45, 7) is 5.40. The van der Waals surface area contributed by atoms with E-state index < -0.39 is 23.4 Å². The Labute approximate surface area is 156 Å². The van der Waals surface area contributed by atoms with Crippen LogP contribution in [0.5, 0.6) is 0 Å². The molecule has 1 heterocycles. The van der Waals surface area contributed by atoms with E-state index >= 15 is 0 Å². The average Bonchev–Trinajstić information content (AvgIpc) is 2.72. The Hall–Kier alpha value is -1.79. The Balaban J connectivity index is 2.03. The third-order valence-electron chi connectivity index (χ3n) is 4.07. The van der Waals surface area contributed by atoms with Gasteiger partial charge in [0.25, 0.3) is 5.91 Å². The molecular formula is C17H21Cl2N3O3. The zero-order valence-corrected chi connectivity index (χ0v) is 15.9. The number of amides is 4. The van der Waals surface area contributed by atoms with Gasteiger partial charge in [0.15, 0.2) is 0 Å². The van der Waals surface area contributed by atoms with E-state index in [0.717, 1.165) is 11.3 Å². The molecule has 0 spiro atoms. The molecule has 0 radical (unpaired) electrons. The number of urea groups is 1. The molecule has 4 amide bonds. The minimum absolute atomic E-state index is 0.278. The van der Waals surface area contributed by atoms with Crippen molar-refractivity contribution in [1.82, 2.24) is 10.2 Å². The number of imide groups is 1. The Bertz CT molecular complexity index is 708. The highest BCUT2D eigenvalue weighted by molar-refractivity contribution is 6.36. The zero-order valence-electron chi connectivity index (χ0n) is 14.4. The van der Waals surface area contributed by atoms with Gasteiger partial charge in [-0.25, -0.2) is 4.79 Å². The van der Waals surface area contributed by atoms with Crippen molar-refractivity contribution in [1.29, 1.82) is 0 Å². The predicted molar refractivity (Wildman–Crippen MR) is 97.8 cm³/mol. The number of anilines is 1. The van der Waals surface area contributed by atoms with Crippen LogP contribution in [0.1, 0.15) is 33.6 Å². The van der Waals surface area contributed by atoms with Crippen molar-refractivity contribution in [2.75, 3.05) is 11.9 Å². The summed E-state index contributed by atoms with van der Waals surface area (Å²) in [5, 5.41) is 5.99. The molecule has 0 bridgehead atoms. The molecule has 0 unspecified atom stereocenters. The number of hydrogen-bond donors (Lipinski definition) is 2. The summed E-state index contributed by atoms with van der Waals surface area (Å²) in [5.41, 5.74) is -0.606. The van der Waals surface area contributed by atoms with Crippen LogP contribution in [0.2, 0.25) is 10.0 Å². The van der Waals surface area contributed by atoms with Crippen molar-refractivity contribution in [2.24, 2.45) is 5.92 Å². The van der Waals surface area contributed by atoms with Crippen molar-refractivity contribution < 1.29 is 14.4 Å². The normalized spacial score (nSPS) is 20.2. The van der Waals surface area contributed by atoms with Gasteiger partial charge in [0, 0.05) is 5.02 Å². The summed E-state index contributed by atoms with van der Waals surface area (Å²) in [4.78, 5) is 37.8. The largest absolute Gasteiger partial charge is 0.325 e. The minimum atomic E-state index is -0.973. The van der Waals surface area contributed by atoms with Crippen LogP contribution in [0.25, 0.3) is 0 Å². The van der Waals surface area contributed by atoms with Gasteiger partial charge >= 0.3 is 6.03 Å². The topological polar surface area (TPSA) is 78.5 Å². The first-order chi connectivity index (χ1) is 11.6. The number of nitrogens with zero attached hydrogens (tertiary/aromatic N) is 1. The van der Waals surface area contributed by atoms with E-state index in [1.165, 1.54) is 6.07 Å². The lowest BCUT2D eigenvalue weighted by Gasteiger charge is -2.22. The average molecular weight is 386 g/mol. The molecule has 0 aliphatic carbocycles. The van der Waals surface area contributed by atoms with Crippen LogP contribution < -0.4 is 10.6 Å². The molecule has 0 saturated carbocycles. The molecule has 1 aromatic carbocycles. The lowest BCUT2D eigenvalue weighted by Crippen LogP contribution is -2.44. The summed E-state index contributed by atoms with van der Waals surface area (Å²) in [5.74, 6) is -0.498. The van der Waals surface area contributed by atoms with Crippen molar-refractivity contribution in [2.45, 2.75) is 39.2 Å². The van der Waals surface area contributed by atoms with E-state index in [2.05, 4.69) is 10.6 Å². The van der Waals surface area contributed by atoms with Crippen LogP contribution in [0.15, 0.2) is 18.2 Å². The fourth-order valence-electron chi connectivity index (χ4n) is 2.56. The van der Waals surface area contributed by atoms with Gasteiger partial charge in [-0.1, -0.05) is 37.0 Å². The van der Waals surface area contributed by atoms with E-state index in [9.17, 15) is 14.4 Å². The van der Waals surface area contributed by atoms with Gasteiger partial charge in [0.2, 0.25) is 5.91 Å². The molecule has 1 aromatic rings. The van der Waals surface area contributed by atoms with Crippen molar-refractivity contribution in [3.8, 4) is 0 Å². The van der Waals surface area contributed by atoms with Gasteiger partial charge < -0.3 is 10.6 Å². The second-order valence-corrected chi connectivity index (χ2v) is 7.60. The van der Waals surface area contributed by atoms with Crippen LogP contribution in [0.3, 0.4) is 0 Å². The molecule has 8 heteroatoms. The van der Waals surface area contributed by atoms with Gasteiger partial charge in [-0.15, -0.1) is 0 Å². The van der Waals surface area contributed by atoms with E-state index in [1.54, 1.807) is 19.1 Å². The molecule has 6 nitrogen and oxygen atoms in total. The molecule has 136 valence electrons. The zero-order chi connectivity index (χ0) is 18.8. The van der Waals surface area contributed by atoms with E-state index in [0.29, 0.717) is 23.0 Å². The highest BCUT2D eigenvalue weighted by atomic mass is 35.5. The lowest BCUT2D eigenvalue weighted by molar-refractivity contribution is -0.133. The number of hydrogen-bond acceptors (Lipinski definition) is 3. The molecule has 0 aromatic heterocycles. The lowest BCUT2D eigenvalue weighted by atomic mass is 9.92. The first-order valence-corrected chi connectivity index (χ1v) is 8.77. The maximum atomic E-state index is 12.6. The summed E-state index contributed by atoms with van der Waals surface area (Å²) >= 11 is 11.8. The highest BCUT2D eigenvalue weighted by Gasteiger charge is 2.47. The summed E-state index contributed by atoms with van der Waals surface area (Å²) in [6.07, 6.45) is 1.32. The predicted octanol–water partition coefficient (Wildman–Crippen LogP) is 3.68. The molecular weight excluding hydrogens is 365 g/mol. The molecule has 1 fully saturated rings. The number of carbonyl (C=O) groups excluding carboxylic acids is 3. The van der Waals surface area contributed by atoms with Crippen molar-refractivity contribution >= 4 is 46.7 Å². The molecule has 1 aliphatic rings. The smallest absolute Gasteiger partial charge is 0.323 e. The third kappa shape index (κ3) is 4.64. The number of halogens is 2. The Kier molecular flexibility index (Phi) is 5.95. The number of rotatable bonds is 6. The third-order valence-corrected chi connectivity index (χ3v) is 4.62. The molecule has 1 aliphatic heterocycles. The standard InChI is InChI=1S/C17H21Cl2N3O3/c1-10(2)6-7-17(3)15(24)22(16(25)21-17)9-14(23)20-13-5-4-11(18)8-12(13)19/h4-5,8,10H,6-7,9H2,1-3H3,(H,20,23)(H,21,25)/t17-/m0/s1. The first-order valence-electron chi connectivity index (χ1n) is 8.01. The summed E-state index contributed by atoms with van der Waals surface area (Å²) in [6, 6.07) is 4.07. The van der Waals surface area contributed by atoms with Gasteiger partial charge in [-0.05, 0) is 43.9 Å². The fourth-order valence-corrected chi connectivity index (χ4v) is 3.02. The van der Waals surface area contributed by atoms with Crippen LogP contribution >= 0.6 is 23.2 Å². The van der Waals surface area contributed by atoms with Crippen LogP contribution in [-0.4, -0.2) is 34.8 Å². The number of carbonyl (C=O) groups is 3. The Morgan fingerprint density at radius 2 is 2.00 bits per heavy atom. The van der Waals surface area contributed by atoms with Crippen molar-refractivity contribution in [3.05, 3.63) is 28.2 Å². The maximum Gasteiger partial charge on any atom is 0.325 e. The highest BCUT2D eigenvalue weighted by Crippen LogP contribution is 2.27. The number of benzene rings is 1. The maximum absolute atomic E-state index is 12.6. The Morgan fingerprint density at radius 3 is 2.60 bits per heavy atom. The van der Waals surface area contributed by atoms with Gasteiger partial charge in [0.1, 0.15) is 12.1 Å². The van der Waals surface area contributed by atoms with Crippen LogP contribution in [-0.2, 0) is 9.59 Å². The van der Waals surface area contributed by atoms with Gasteiger partial charge in [-0.2, -0.15) is 0 Å². The van der Waals surface area contributed by atoms with Crippen LogP contribution in [0.4, 0.5) is 10.5 Å². The van der Waals surface area contributed by atoms with Gasteiger partial charge in [0.05, 0.1) is 10.7 Å². The monoisotopic (exact) mass is 385 g/mol. The second-order valence-electron chi connectivity index (χ2n) is 6.76. The van der Waals surface area contributed by atoms with E-state index in [4.69, 9.17) is 23.2 Å². The summed E-state index contributed by atoms with van der Waals surface area (Å²) in [7, 11) is 0. The molecule has 2 N–H and O–H groups in total. The molecule has 1 saturated heterocycles. The SMILES string of the molecule is CC(C)CC[C@]1(C)NC(=O)N(CC(=O)Nc2ccc(Cl)cc2Cl)C1=O. The van der Waals surface area contributed by atoms with Crippen LogP contribution in [0, 0.1) is 5.92 Å². The van der Waals surface area contributed by atoms with Gasteiger partial charge in [-0.3, -0.25) is 14.5 Å². The van der Waals surface area contributed by atoms with E-state index in [1.807, 2.05) is 13.8 Å². The second kappa shape index (κ2) is 7.62. The molecule has 25 heavy (non-hydrogen) atoms. The molecule has 2 rings (SSSR count). The molecule has 1 atom stereocenters. The fraction of sp³-hybridized carbons (Fsp3) is 0.471. The van der Waals surface area contributed by atoms with E-state index in [-0.39, 0.29) is 11.6 Å². The number of nitrogens with one attached hydrogen (secondary N) is 2. The first kappa shape index (κ1) is 19.5. The minimum Gasteiger partial charge on any atom is -0.323 e. The Morgan fingerprint density at radius 1 is 1.32 bits per heavy atom.